The van der Waals surface area contributed by atoms with Crippen LogP contribution in [0.2, 0.25) is 0 Å². The van der Waals surface area contributed by atoms with Crippen molar-refractivity contribution in [3.8, 4) is 6.07 Å². The maximum absolute atomic E-state index is 12.2. The number of rotatable bonds is 3. The van der Waals surface area contributed by atoms with Gasteiger partial charge in [0.15, 0.2) is 0 Å². The molecule has 122 valence electrons. The highest BCUT2D eigenvalue weighted by Gasteiger charge is 2.33. The molecular formula is C18H23N3O2. The molecule has 0 bridgehead atoms. The normalized spacial score (nSPS) is 22.7. The zero-order valence-electron chi connectivity index (χ0n) is 13.4. The van der Waals surface area contributed by atoms with Crippen molar-refractivity contribution >= 4 is 6.09 Å². The van der Waals surface area contributed by atoms with E-state index in [4.69, 9.17) is 10.00 Å². The van der Waals surface area contributed by atoms with E-state index in [1.165, 1.54) is 0 Å². The van der Waals surface area contributed by atoms with E-state index in [0.717, 1.165) is 51.0 Å². The highest BCUT2D eigenvalue weighted by Crippen LogP contribution is 2.23. The van der Waals surface area contributed by atoms with Crippen LogP contribution >= 0.6 is 0 Å². The lowest BCUT2D eigenvalue weighted by molar-refractivity contribution is 0.0971. The number of ether oxygens (including phenoxy) is 1. The van der Waals surface area contributed by atoms with Gasteiger partial charge < -0.3 is 9.64 Å². The average Bonchev–Trinajstić information content (AvgIpc) is 3.11. The maximum Gasteiger partial charge on any atom is 0.410 e. The number of benzene rings is 1. The molecule has 1 aromatic rings. The van der Waals surface area contributed by atoms with E-state index in [2.05, 4.69) is 11.0 Å². The molecule has 3 rings (SSSR count). The van der Waals surface area contributed by atoms with Gasteiger partial charge in [-0.15, -0.1) is 0 Å². The van der Waals surface area contributed by atoms with E-state index in [1.807, 2.05) is 35.2 Å². The van der Waals surface area contributed by atoms with Crippen LogP contribution in [0.3, 0.4) is 0 Å². The summed E-state index contributed by atoms with van der Waals surface area (Å²) >= 11 is 0. The van der Waals surface area contributed by atoms with Crippen LogP contribution in [0, 0.1) is 17.2 Å². The molecule has 2 fully saturated rings. The number of hydrogen-bond donors (Lipinski definition) is 0. The van der Waals surface area contributed by atoms with E-state index in [0.29, 0.717) is 12.6 Å². The SMILES string of the molecule is N#CC1CCN(C2CCN(C(=O)OCc3ccccc3)C2)CC1. The van der Waals surface area contributed by atoms with Gasteiger partial charge in [0.25, 0.3) is 0 Å². The van der Waals surface area contributed by atoms with Gasteiger partial charge in [-0.1, -0.05) is 30.3 Å². The first-order valence-electron chi connectivity index (χ1n) is 8.35. The second kappa shape index (κ2) is 7.47. The number of likely N-dealkylation sites (tertiary alicyclic amines) is 2. The lowest BCUT2D eigenvalue weighted by Crippen LogP contribution is -2.43. The van der Waals surface area contributed by atoms with E-state index in [1.54, 1.807) is 0 Å². The summed E-state index contributed by atoms with van der Waals surface area (Å²) < 4.78 is 5.41. The lowest BCUT2D eigenvalue weighted by Gasteiger charge is -2.33. The summed E-state index contributed by atoms with van der Waals surface area (Å²) in [7, 11) is 0. The molecule has 5 nitrogen and oxygen atoms in total. The van der Waals surface area contributed by atoms with Gasteiger partial charge in [-0.3, -0.25) is 4.90 Å². The zero-order valence-corrected chi connectivity index (χ0v) is 13.4. The van der Waals surface area contributed by atoms with Crippen LogP contribution < -0.4 is 0 Å². The molecule has 0 N–H and O–H groups in total. The van der Waals surface area contributed by atoms with Crippen molar-refractivity contribution in [2.45, 2.75) is 31.9 Å². The number of nitrogens with zero attached hydrogens (tertiary/aromatic N) is 3. The molecule has 1 unspecified atom stereocenters. The van der Waals surface area contributed by atoms with Crippen molar-refractivity contribution in [3.05, 3.63) is 35.9 Å². The Bertz CT molecular complexity index is 561. The largest absolute Gasteiger partial charge is 0.445 e. The molecule has 2 heterocycles. The number of carbonyl (C=O) groups is 1. The summed E-state index contributed by atoms with van der Waals surface area (Å²) in [5.74, 6) is 0.208. The first-order chi connectivity index (χ1) is 11.3. The standard InChI is InChI=1S/C18H23N3O2/c19-12-15-6-9-20(10-7-15)17-8-11-21(13-17)18(22)23-14-16-4-2-1-3-5-16/h1-5,15,17H,6-11,13-14H2. The van der Waals surface area contributed by atoms with Crippen LogP contribution in [-0.2, 0) is 11.3 Å². The molecule has 1 amide bonds. The topological polar surface area (TPSA) is 56.6 Å². The summed E-state index contributed by atoms with van der Waals surface area (Å²) in [5.41, 5.74) is 1.01. The van der Waals surface area contributed by atoms with Gasteiger partial charge in [0.05, 0.1) is 6.07 Å². The third-order valence-corrected chi connectivity index (χ3v) is 4.86. The Labute approximate surface area is 137 Å². The van der Waals surface area contributed by atoms with Crippen LogP contribution in [0.15, 0.2) is 30.3 Å². The molecule has 0 radical (unpaired) electrons. The number of amides is 1. The molecular weight excluding hydrogens is 290 g/mol. The smallest absolute Gasteiger partial charge is 0.410 e. The van der Waals surface area contributed by atoms with Gasteiger partial charge in [0, 0.05) is 25.0 Å². The summed E-state index contributed by atoms with van der Waals surface area (Å²) in [4.78, 5) is 16.4. The van der Waals surface area contributed by atoms with E-state index in [-0.39, 0.29) is 12.0 Å². The van der Waals surface area contributed by atoms with Gasteiger partial charge in [0.2, 0.25) is 0 Å². The lowest BCUT2D eigenvalue weighted by atomic mass is 9.97. The third-order valence-electron chi connectivity index (χ3n) is 4.86. The van der Waals surface area contributed by atoms with Gasteiger partial charge in [-0.2, -0.15) is 5.26 Å². The van der Waals surface area contributed by atoms with Gasteiger partial charge >= 0.3 is 6.09 Å². The monoisotopic (exact) mass is 313 g/mol. The summed E-state index contributed by atoms with van der Waals surface area (Å²) in [6.07, 6.45) is 2.68. The Morgan fingerprint density at radius 1 is 1.17 bits per heavy atom. The minimum atomic E-state index is -0.219. The summed E-state index contributed by atoms with van der Waals surface area (Å²) in [6.45, 7) is 3.77. The van der Waals surface area contributed by atoms with Crippen LogP contribution in [0.1, 0.15) is 24.8 Å². The summed E-state index contributed by atoms with van der Waals surface area (Å²) in [5, 5.41) is 8.97. The molecule has 5 heteroatoms. The Balaban J connectivity index is 1.44. The Morgan fingerprint density at radius 2 is 1.91 bits per heavy atom. The molecule has 0 aliphatic carbocycles. The van der Waals surface area contributed by atoms with Gasteiger partial charge in [0.1, 0.15) is 6.61 Å². The fourth-order valence-corrected chi connectivity index (χ4v) is 3.41. The second-order valence-corrected chi connectivity index (χ2v) is 6.37. The number of carbonyl (C=O) groups excluding carboxylic acids is 1. The van der Waals surface area contributed by atoms with Gasteiger partial charge in [-0.25, -0.2) is 4.79 Å². The van der Waals surface area contributed by atoms with Crippen LogP contribution in [0.5, 0.6) is 0 Å². The van der Waals surface area contributed by atoms with Crippen molar-refractivity contribution < 1.29 is 9.53 Å². The maximum atomic E-state index is 12.2. The van der Waals surface area contributed by atoms with Crippen LogP contribution in [0.4, 0.5) is 4.79 Å². The third kappa shape index (κ3) is 4.02. The Hall–Kier alpha value is -2.06. The summed E-state index contributed by atoms with van der Waals surface area (Å²) in [6, 6.07) is 12.5. The fourth-order valence-electron chi connectivity index (χ4n) is 3.41. The molecule has 0 saturated carbocycles. The first-order valence-corrected chi connectivity index (χ1v) is 8.35. The quantitative estimate of drug-likeness (QED) is 0.861. The van der Waals surface area contributed by atoms with Crippen LogP contribution in [-0.4, -0.2) is 48.1 Å². The molecule has 2 aliphatic rings. The number of piperidine rings is 1. The van der Waals surface area contributed by atoms with E-state index < -0.39 is 0 Å². The second-order valence-electron chi connectivity index (χ2n) is 6.37. The zero-order chi connectivity index (χ0) is 16.1. The number of hydrogen-bond acceptors (Lipinski definition) is 4. The van der Waals surface area contributed by atoms with E-state index in [9.17, 15) is 4.79 Å². The Morgan fingerprint density at radius 3 is 2.61 bits per heavy atom. The van der Waals surface area contributed by atoms with Crippen LogP contribution in [0.25, 0.3) is 0 Å². The van der Waals surface area contributed by atoms with Gasteiger partial charge in [-0.05, 0) is 37.9 Å². The minimum absolute atomic E-state index is 0.208. The Kier molecular flexibility index (Phi) is 5.14. The average molecular weight is 313 g/mol. The van der Waals surface area contributed by atoms with Crippen molar-refractivity contribution in [1.29, 1.82) is 5.26 Å². The fraction of sp³-hybridized carbons (Fsp3) is 0.556. The van der Waals surface area contributed by atoms with Crippen molar-refractivity contribution in [1.82, 2.24) is 9.80 Å². The molecule has 2 aliphatic heterocycles. The molecule has 0 spiro atoms. The van der Waals surface area contributed by atoms with Crippen molar-refractivity contribution in [2.24, 2.45) is 5.92 Å². The number of nitriles is 1. The first kappa shape index (κ1) is 15.8. The molecule has 0 aromatic heterocycles. The highest BCUT2D eigenvalue weighted by atomic mass is 16.6. The molecule has 2 saturated heterocycles. The van der Waals surface area contributed by atoms with Crippen molar-refractivity contribution in [3.63, 3.8) is 0 Å². The predicted octanol–water partition coefficient (Wildman–Crippen LogP) is 2.63. The predicted molar refractivity (Wildman–Crippen MR) is 86.5 cm³/mol. The molecule has 1 aromatic carbocycles. The van der Waals surface area contributed by atoms with Crippen molar-refractivity contribution in [2.75, 3.05) is 26.2 Å². The molecule has 1 atom stereocenters. The highest BCUT2D eigenvalue weighted by molar-refractivity contribution is 5.68. The minimum Gasteiger partial charge on any atom is -0.445 e. The van der Waals surface area contributed by atoms with E-state index >= 15 is 0 Å². The molecule has 23 heavy (non-hydrogen) atoms.